The molecule has 1 aliphatic heterocycles. The molecular weight excluding hydrogens is 577 g/mol. The van der Waals surface area contributed by atoms with Crippen LogP contribution in [0.25, 0.3) is 0 Å². The number of halogens is 4. The Morgan fingerprint density at radius 3 is 2.56 bits per heavy atom. The number of aliphatic imine (C=N–C) groups is 1. The number of rotatable bonds is 10. The predicted molar refractivity (Wildman–Crippen MR) is 145 cm³/mol. The molecule has 10 heteroatoms. The van der Waals surface area contributed by atoms with Crippen LogP contribution < -0.4 is 10.1 Å². The van der Waals surface area contributed by atoms with Crippen molar-refractivity contribution in [3.8, 4) is 5.75 Å². The highest BCUT2D eigenvalue weighted by atomic mass is 79.9. The molecule has 0 aliphatic carbocycles. The average molecular weight is 605 g/mol. The van der Waals surface area contributed by atoms with E-state index in [2.05, 4.69) is 21.2 Å². The van der Waals surface area contributed by atoms with E-state index in [-0.39, 0.29) is 25.5 Å². The van der Waals surface area contributed by atoms with E-state index in [9.17, 15) is 18.0 Å². The number of nitrogens with zero attached hydrogens (tertiary/aromatic N) is 1. The Labute approximate surface area is 233 Å². The second-order valence-electron chi connectivity index (χ2n) is 9.20. The van der Waals surface area contributed by atoms with Crippen LogP contribution >= 0.6 is 15.9 Å². The zero-order valence-electron chi connectivity index (χ0n) is 21.2. The van der Waals surface area contributed by atoms with Gasteiger partial charge in [0.2, 0.25) is 5.90 Å². The smallest absolute Gasteiger partial charge is 0.416 e. The normalized spacial score (nSPS) is 18.8. The van der Waals surface area contributed by atoms with E-state index in [1.165, 1.54) is 12.1 Å². The summed E-state index contributed by atoms with van der Waals surface area (Å²) in [5.41, 5.74) is -0.339. The fourth-order valence-corrected chi connectivity index (χ4v) is 4.69. The molecule has 0 saturated heterocycles. The van der Waals surface area contributed by atoms with Gasteiger partial charge in [-0.05, 0) is 60.5 Å². The number of carbonyl (C=O) groups excluding carboxylic acids is 1. The molecule has 0 aromatic heterocycles. The lowest BCUT2D eigenvalue weighted by Gasteiger charge is -2.28. The molecule has 1 aliphatic rings. The van der Waals surface area contributed by atoms with Gasteiger partial charge in [-0.2, -0.15) is 13.2 Å². The summed E-state index contributed by atoms with van der Waals surface area (Å²) in [6.45, 7) is 2.07. The number of alkyl halides is 3. The summed E-state index contributed by atoms with van der Waals surface area (Å²) >= 11 is 3.54. The summed E-state index contributed by atoms with van der Waals surface area (Å²) < 4.78 is 52.0. The summed E-state index contributed by atoms with van der Waals surface area (Å²) in [5, 5.41) is 11.7. The topological polar surface area (TPSA) is 80.2 Å². The standard InChI is InChI=1S/C29H28BrF3N2O4/c1-19-28(17-22-7-2-3-9-25(22)30,27(37)34-18-20-6-4-8-23(16-20)29(31,32)33)35-26(39-19)21-10-12-24(13-11-21)38-15-5-14-36/h2-4,6-13,16,19,36H,5,14-15,17-18H2,1H3,(H,34,37)/t19-,28-/m1/s1. The van der Waals surface area contributed by atoms with E-state index >= 15 is 0 Å². The van der Waals surface area contributed by atoms with Crippen molar-refractivity contribution in [2.45, 2.75) is 44.1 Å². The molecule has 3 aromatic carbocycles. The van der Waals surface area contributed by atoms with Crippen molar-refractivity contribution in [3.05, 3.63) is 99.5 Å². The van der Waals surface area contributed by atoms with Gasteiger partial charge in [-0.3, -0.25) is 4.79 Å². The van der Waals surface area contributed by atoms with Gasteiger partial charge in [-0.15, -0.1) is 0 Å². The highest BCUT2D eigenvalue weighted by molar-refractivity contribution is 9.10. The number of ether oxygens (including phenoxy) is 2. The number of benzene rings is 3. The van der Waals surface area contributed by atoms with Gasteiger partial charge < -0.3 is 19.9 Å². The molecule has 0 saturated carbocycles. The molecule has 0 radical (unpaired) electrons. The first-order valence-corrected chi connectivity index (χ1v) is 13.2. The molecule has 0 bridgehead atoms. The van der Waals surface area contributed by atoms with Crippen LogP contribution in [-0.4, -0.2) is 41.8 Å². The van der Waals surface area contributed by atoms with Crippen molar-refractivity contribution in [2.75, 3.05) is 13.2 Å². The minimum atomic E-state index is -4.48. The minimum absolute atomic E-state index is 0.0378. The first kappa shape index (κ1) is 28.6. The molecule has 0 fully saturated rings. The Morgan fingerprint density at radius 1 is 1.13 bits per heavy atom. The SMILES string of the molecule is C[C@H]1OC(c2ccc(OCCCO)cc2)=N[C@@]1(Cc1ccccc1Br)C(=O)NCc1cccc(C(F)(F)F)c1. The molecule has 2 N–H and O–H groups in total. The average Bonchev–Trinajstić information content (AvgIpc) is 3.25. The van der Waals surface area contributed by atoms with Crippen molar-refractivity contribution in [1.82, 2.24) is 5.32 Å². The van der Waals surface area contributed by atoms with Crippen LogP contribution in [0.15, 0.2) is 82.3 Å². The zero-order valence-corrected chi connectivity index (χ0v) is 22.8. The number of hydrogen-bond donors (Lipinski definition) is 2. The molecule has 3 aromatic rings. The first-order chi connectivity index (χ1) is 18.6. The third-order valence-corrected chi connectivity index (χ3v) is 7.23. The summed E-state index contributed by atoms with van der Waals surface area (Å²) in [5.74, 6) is 0.449. The van der Waals surface area contributed by atoms with Crippen molar-refractivity contribution < 1.29 is 32.5 Å². The number of aliphatic hydroxyl groups excluding tert-OH is 1. The van der Waals surface area contributed by atoms with Crippen molar-refractivity contribution in [3.63, 3.8) is 0 Å². The van der Waals surface area contributed by atoms with Gasteiger partial charge in [-0.25, -0.2) is 4.99 Å². The van der Waals surface area contributed by atoms with Gasteiger partial charge in [0.25, 0.3) is 5.91 Å². The maximum atomic E-state index is 13.8. The highest BCUT2D eigenvalue weighted by Crippen LogP contribution is 2.35. The van der Waals surface area contributed by atoms with Gasteiger partial charge >= 0.3 is 6.18 Å². The summed E-state index contributed by atoms with van der Waals surface area (Å²) in [4.78, 5) is 18.5. The Bertz CT molecular complexity index is 1330. The lowest BCUT2D eigenvalue weighted by atomic mass is 9.86. The molecule has 2 atom stereocenters. The number of carbonyl (C=O) groups is 1. The van der Waals surface area contributed by atoms with Crippen molar-refractivity contribution >= 4 is 27.7 Å². The van der Waals surface area contributed by atoms with Crippen LogP contribution in [-0.2, 0) is 28.7 Å². The maximum Gasteiger partial charge on any atom is 0.416 e. The summed E-state index contributed by atoms with van der Waals surface area (Å²) in [7, 11) is 0. The van der Waals surface area contributed by atoms with Crippen LogP contribution in [0.3, 0.4) is 0 Å². The number of nitrogens with one attached hydrogen (secondary N) is 1. The lowest BCUT2D eigenvalue weighted by Crippen LogP contribution is -2.52. The summed E-state index contributed by atoms with van der Waals surface area (Å²) in [6, 6.07) is 19.4. The van der Waals surface area contributed by atoms with Gasteiger partial charge in [0, 0.05) is 36.0 Å². The number of aliphatic hydroxyl groups is 1. The monoisotopic (exact) mass is 604 g/mol. The van der Waals surface area contributed by atoms with Crippen LogP contribution in [0, 0.1) is 0 Å². The molecule has 206 valence electrons. The molecular formula is C29H28BrF3N2O4. The molecule has 4 rings (SSSR count). The van der Waals surface area contributed by atoms with Crippen LogP contribution in [0.5, 0.6) is 5.75 Å². The largest absolute Gasteiger partial charge is 0.494 e. The fourth-order valence-electron chi connectivity index (χ4n) is 4.27. The zero-order chi connectivity index (χ0) is 28.0. The molecule has 39 heavy (non-hydrogen) atoms. The lowest BCUT2D eigenvalue weighted by molar-refractivity contribution is -0.137. The van der Waals surface area contributed by atoms with Gasteiger partial charge in [-0.1, -0.05) is 46.3 Å². The third-order valence-electron chi connectivity index (χ3n) is 6.45. The second kappa shape index (κ2) is 12.2. The molecule has 0 unspecified atom stereocenters. The number of amides is 1. The number of hydrogen-bond acceptors (Lipinski definition) is 5. The quantitative estimate of drug-likeness (QED) is 0.291. The predicted octanol–water partition coefficient (Wildman–Crippen LogP) is 5.69. The molecule has 1 heterocycles. The van der Waals surface area contributed by atoms with Gasteiger partial charge in [0.15, 0.2) is 5.54 Å². The van der Waals surface area contributed by atoms with Gasteiger partial charge in [0.05, 0.1) is 12.2 Å². The second-order valence-corrected chi connectivity index (χ2v) is 10.1. The van der Waals surface area contributed by atoms with Gasteiger partial charge in [0.1, 0.15) is 11.9 Å². The van der Waals surface area contributed by atoms with Crippen LogP contribution in [0.1, 0.15) is 35.6 Å². The third kappa shape index (κ3) is 6.80. The Kier molecular flexibility index (Phi) is 8.97. The first-order valence-electron chi connectivity index (χ1n) is 12.4. The molecule has 0 spiro atoms. The highest BCUT2D eigenvalue weighted by Gasteiger charge is 2.50. The van der Waals surface area contributed by atoms with E-state index < -0.39 is 29.3 Å². The molecule has 6 nitrogen and oxygen atoms in total. The summed E-state index contributed by atoms with van der Waals surface area (Å²) in [6.07, 6.45) is -4.42. The minimum Gasteiger partial charge on any atom is -0.494 e. The van der Waals surface area contributed by atoms with E-state index in [4.69, 9.17) is 19.6 Å². The van der Waals surface area contributed by atoms with E-state index in [1.807, 2.05) is 24.3 Å². The van der Waals surface area contributed by atoms with Crippen LogP contribution in [0.2, 0.25) is 0 Å². The fraction of sp³-hybridized carbons (Fsp3) is 0.310. The van der Waals surface area contributed by atoms with Crippen molar-refractivity contribution in [1.29, 1.82) is 0 Å². The van der Waals surface area contributed by atoms with E-state index in [0.29, 0.717) is 29.9 Å². The van der Waals surface area contributed by atoms with E-state index in [1.54, 1.807) is 31.2 Å². The Morgan fingerprint density at radius 2 is 1.87 bits per heavy atom. The van der Waals surface area contributed by atoms with E-state index in [0.717, 1.165) is 22.2 Å². The van der Waals surface area contributed by atoms with Crippen LogP contribution in [0.4, 0.5) is 13.2 Å². The maximum absolute atomic E-state index is 13.8. The Hall–Kier alpha value is -3.37. The molecule has 1 amide bonds. The Balaban J connectivity index is 1.61. The van der Waals surface area contributed by atoms with Crippen molar-refractivity contribution in [2.24, 2.45) is 4.99 Å².